The maximum Gasteiger partial charge on any atom is 0.115 e. The molecule has 1 rings (SSSR count). The maximum atomic E-state index is 5.48. The van der Waals surface area contributed by atoms with Gasteiger partial charge in [-0.2, -0.15) is 0 Å². The molecule has 0 aliphatic rings. The Labute approximate surface area is 58.9 Å². The molecule has 0 saturated heterocycles. The summed E-state index contributed by atoms with van der Waals surface area (Å²) in [7, 11) is 0. The number of hydrogen-bond acceptors (Lipinski definition) is 2. The Kier molecular flexibility index (Phi) is 2.46. The first-order chi connectivity index (χ1) is 4.43. The van der Waals surface area contributed by atoms with Gasteiger partial charge in [0, 0.05) is 18.3 Å². The molecule has 2 nitrogen and oxygen atoms in total. The first-order valence-electron chi connectivity index (χ1n) is 2.73. The third-order valence-corrected chi connectivity index (χ3v) is 1.19. The normalized spacial score (nSPS) is 9.44. The van der Waals surface area contributed by atoms with Crippen molar-refractivity contribution in [1.82, 2.24) is 9.97 Å². The number of alkyl halides is 1. The Balaban J connectivity index is 2.61. The van der Waals surface area contributed by atoms with Crippen molar-refractivity contribution < 1.29 is 0 Å². The van der Waals surface area contributed by atoms with Crippen LogP contribution in [0.4, 0.5) is 0 Å². The van der Waals surface area contributed by atoms with Crippen LogP contribution in [0.5, 0.6) is 0 Å². The largest absolute Gasteiger partial charge is 0.245 e. The molecule has 0 atom stereocenters. The molecule has 0 unspecified atom stereocenters. The third kappa shape index (κ3) is 1.98. The van der Waals surface area contributed by atoms with E-state index in [-0.39, 0.29) is 0 Å². The van der Waals surface area contributed by atoms with Crippen molar-refractivity contribution in [1.29, 1.82) is 0 Å². The molecule has 0 radical (unpaired) electrons. The van der Waals surface area contributed by atoms with Crippen LogP contribution in [0.25, 0.3) is 0 Å². The molecule has 0 saturated carbocycles. The highest BCUT2D eigenvalue weighted by Crippen LogP contribution is 1.94. The fourth-order valence-corrected chi connectivity index (χ4v) is 0.786. The molecule has 0 aliphatic carbocycles. The second kappa shape index (κ2) is 3.41. The Morgan fingerprint density at radius 1 is 1.33 bits per heavy atom. The molecule has 9 heavy (non-hydrogen) atoms. The predicted octanol–water partition coefficient (Wildman–Crippen LogP) is 1.26. The minimum atomic E-state index is 0.632. The second-order valence-electron chi connectivity index (χ2n) is 1.69. The summed E-state index contributed by atoms with van der Waals surface area (Å²) in [6.07, 6.45) is 5.91. The lowest BCUT2D eigenvalue weighted by molar-refractivity contribution is 1.05. The fourth-order valence-electron chi connectivity index (χ4n) is 0.568. The summed E-state index contributed by atoms with van der Waals surface area (Å²) in [5.74, 6) is 0.632. The number of rotatable bonds is 2. The van der Waals surface area contributed by atoms with Crippen molar-refractivity contribution >= 4 is 11.6 Å². The van der Waals surface area contributed by atoms with E-state index < -0.39 is 0 Å². The summed E-state index contributed by atoms with van der Waals surface area (Å²) in [5.41, 5.74) is 1.09. The maximum absolute atomic E-state index is 5.48. The summed E-state index contributed by atoms with van der Waals surface area (Å²) in [6, 6.07) is 0. The number of nitrogens with zero attached hydrogens (tertiary/aromatic N) is 2. The van der Waals surface area contributed by atoms with Gasteiger partial charge in [0.05, 0.1) is 0 Å². The summed E-state index contributed by atoms with van der Waals surface area (Å²) in [4.78, 5) is 7.67. The van der Waals surface area contributed by atoms with Gasteiger partial charge in [-0.05, 0) is 12.0 Å². The Morgan fingerprint density at radius 2 is 2.00 bits per heavy atom. The van der Waals surface area contributed by atoms with Gasteiger partial charge in [-0.25, -0.2) is 9.97 Å². The van der Waals surface area contributed by atoms with Crippen LogP contribution in [0.2, 0.25) is 0 Å². The molecule has 48 valence electrons. The van der Waals surface area contributed by atoms with Crippen molar-refractivity contribution in [2.45, 2.75) is 6.42 Å². The Bertz CT molecular complexity index is 164. The molecule has 0 bridgehead atoms. The SMILES string of the molecule is ClCCc1cncnc1. The third-order valence-electron chi connectivity index (χ3n) is 0.997. The van der Waals surface area contributed by atoms with E-state index in [1.807, 2.05) is 0 Å². The van der Waals surface area contributed by atoms with E-state index in [1.54, 1.807) is 12.4 Å². The highest BCUT2D eigenvalue weighted by molar-refractivity contribution is 6.17. The molecule has 0 aliphatic heterocycles. The van der Waals surface area contributed by atoms with E-state index >= 15 is 0 Å². The molecule has 3 heteroatoms. The van der Waals surface area contributed by atoms with Crippen LogP contribution in [0.1, 0.15) is 5.56 Å². The fraction of sp³-hybridized carbons (Fsp3) is 0.333. The topological polar surface area (TPSA) is 25.8 Å². The van der Waals surface area contributed by atoms with Gasteiger partial charge in [0.2, 0.25) is 0 Å². The van der Waals surface area contributed by atoms with Gasteiger partial charge in [-0.1, -0.05) is 0 Å². The molecule has 0 spiro atoms. The highest BCUT2D eigenvalue weighted by Gasteiger charge is 1.87. The number of hydrogen-bond donors (Lipinski definition) is 0. The molecule has 0 amide bonds. The Hall–Kier alpha value is -0.630. The molecule has 1 aromatic heterocycles. The van der Waals surface area contributed by atoms with Crippen molar-refractivity contribution in [3.05, 3.63) is 24.3 Å². The zero-order valence-corrected chi connectivity index (χ0v) is 5.67. The molecular weight excluding hydrogens is 136 g/mol. The Morgan fingerprint density at radius 3 is 2.56 bits per heavy atom. The zero-order chi connectivity index (χ0) is 6.53. The van der Waals surface area contributed by atoms with Gasteiger partial charge in [-0.3, -0.25) is 0 Å². The van der Waals surface area contributed by atoms with Crippen LogP contribution in [-0.4, -0.2) is 15.8 Å². The van der Waals surface area contributed by atoms with E-state index in [0.717, 1.165) is 12.0 Å². The molecule has 0 fully saturated rings. The smallest absolute Gasteiger partial charge is 0.115 e. The summed E-state index contributed by atoms with van der Waals surface area (Å²) < 4.78 is 0. The van der Waals surface area contributed by atoms with Gasteiger partial charge in [-0.15, -0.1) is 11.6 Å². The average molecular weight is 143 g/mol. The van der Waals surface area contributed by atoms with E-state index in [9.17, 15) is 0 Å². The van der Waals surface area contributed by atoms with Crippen molar-refractivity contribution in [3.8, 4) is 0 Å². The van der Waals surface area contributed by atoms with E-state index in [2.05, 4.69) is 9.97 Å². The van der Waals surface area contributed by atoms with Crippen LogP contribution >= 0.6 is 11.6 Å². The van der Waals surface area contributed by atoms with E-state index in [4.69, 9.17) is 11.6 Å². The van der Waals surface area contributed by atoms with Crippen molar-refractivity contribution in [2.24, 2.45) is 0 Å². The van der Waals surface area contributed by atoms with Crippen LogP contribution in [0, 0.1) is 0 Å². The molecular formula is C6H7ClN2. The van der Waals surface area contributed by atoms with Gasteiger partial charge in [0.15, 0.2) is 0 Å². The minimum Gasteiger partial charge on any atom is -0.245 e. The monoisotopic (exact) mass is 142 g/mol. The van der Waals surface area contributed by atoms with Gasteiger partial charge in [0.1, 0.15) is 6.33 Å². The lowest BCUT2D eigenvalue weighted by Gasteiger charge is -1.91. The quantitative estimate of drug-likeness (QED) is 0.581. The van der Waals surface area contributed by atoms with Gasteiger partial charge < -0.3 is 0 Å². The number of aryl methyl sites for hydroxylation is 1. The second-order valence-corrected chi connectivity index (χ2v) is 2.06. The van der Waals surface area contributed by atoms with Crippen LogP contribution in [0.15, 0.2) is 18.7 Å². The molecule has 1 heterocycles. The van der Waals surface area contributed by atoms with E-state index in [0.29, 0.717) is 5.88 Å². The van der Waals surface area contributed by atoms with Crippen molar-refractivity contribution in [2.75, 3.05) is 5.88 Å². The van der Waals surface area contributed by atoms with Gasteiger partial charge >= 0.3 is 0 Å². The summed E-state index contributed by atoms with van der Waals surface area (Å²) in [5, 5.41) is 0. The summed E-state index contributed by atoms with van der Waals surface area (Å²) >= 11 is 5.48. The predicted molar refractivity (Wildman–Crippen MR) is 36.5 cm³/mol. The van der Waals surface area contributed by atoms with Crippen LogP contribution in [-0.2, 0) is 6.42 Å². The average Bonchev–Trinajstić information content (AvgIpc) is 1.91. The standard InChI is InChI=1S/C6H7ClN2/c7-2-1-6-3-8-5-9-4-6/h3-5H,1-2H2. The number of aromatic nitrogens is 2. The minimum absolute atomic E-state index is 0.632. The molecule has 1 aromatic rings. The van der Waals surface area contributed by atoms with Crippen LogP contribution < -0.4 is 0 Å². The number of halogens is 1. The zero-order valence-electron chi connectivity index (χ0n) is 4.92. The first-order valence-corrected chi connectivity index (χ1v) is 3.27. The van der Waals surface area contributed by atoms with Crippen molar-refractivity contribution in [3.63, 3.8) is 0 Å². The lowest BCUT2D eigenvalue weighted by Crippen LogP contribution is -1.87. The molecule has 0 aromatic carbocycles. The van der Waals surface area contributed by atoms with Crippen LogP contribution in [0.3, 0.4) is 0 Å². The summed E-state index contributed by atoms with van der Waals surface area (Å²) in [6.45, 7) is 0. The van der Waals surface area contributed by atoms with E-state index in [1.165, 1.54) is 6.33 Å². The van der Waals surface area contributed by atoms with Gasteiger partial charge in [0.25, 0.3) is 0 Å². The lowest BCUT2D eigenvalue weighted by atomic mass is 10.3. The first kappa shape index (κ1) is 6.49. The molecule has 0 N–H and O–H groups in total. The highest BCUT2D eigenvalue weighted by atomic mass is 35.5.